The van der Waals surface area contributed by atoms with Gasteiger partial charge in [-0.2, -0.15) is 0 Å². The lowest BCUT2D eigenvalue weighted by Crippen LogP contribution is -2.11. The molecule has 0 aliphatic rings. The van der Waals surface area contributed by atoms with Crippen LogP contribution in [0.3, 0.4) is 0 Å². The van der Waals surface area contributed by atoms with Crippen LogP contribution in [0, 0.1) is 20.8 Å². The quantitative estimate of drug-likeness (QED) is 0.706. The maximum absolute atomic E-state index is 12.0. The minimum absolute atomic E-state index is 0.0961. The van der Waals surface area contributed by atoms with Crippen molar-refractivity contribution in [3.8, 4) is 0 Å². The summed E-state index contributed by atoms with van der Waals surface area (Å²) in [5, 5.41) is 9.14. The molecule has 2 N–H and O–H groups in total. The second kappa shape index (κ2) is 3.93. The maximum atomic E-state index is 12.0. The second-order valence-corrected chi connectivity index (χ2v) is 4.92. The Morgan fingerprint density at radius 1 is 1.25 bits per heavy atom. The minimum Gasteiger partial charge on any atom is -0.476 e. The van der Waals surface area contributed by atoms with Crippen LogP contribution in [0.1, 0.15) is 27.3 Å². The molecule has 6 heteroatoms. The average molecular weight is 271 g/mol. The van der Waals surface area contributed by atoms with Crippen molar-refractivity contribution >= 4 is 22.6 Å². The SMILES string of the molecule is Cc1cc2[nH]c(=O)c3nc(C(=O)O)c(C)n3c2cc1C. The maximum Gasteiger partial charge on any atom is 0.356 e. The number of carboxylic acids is 1. The van der Waals surface area contributed by atoms with Gasteiger partial charge in [0.15, 0.2) is 5.69 Å². The lowest BCUT2D eigenvalue weighted by molar-refractivity contribution is 0.0690. The zero-order chi connectivity index (χ0) is 14.6. The number of H-pyrrole nitrogens is 1. The van der Waals surface area contributed by atoms with Gasteiger partial charge < -0.3 is 10.1 Å². The number of aryl methyl sites for hydroxylation is 3. The number of carboxylic acid groups (broad SMARTS) is 1. The highest BCUT2D eigenvalue weighted by molar-refractivity contribution is 5.89. The third kappa shape index (κ3) is 1.54. The summed E-state index contributed by atoms with van der Waals surface area (Å²) in [7, 11) is 0. The predicted octanol–water partition coefficient (Wildman–Crippen LogP) is 1.80. The molecule has 0 atom stereocenters. The molecule has 20 heavy (non-hydrogen) atoms. The molecule has 0 saturated carbocycles. The third-order valence-corrected chi connectivity index (χ3v) is 3.61. The smallest absolute Gasteiger partial charge is 0.356 e. The van der Waals surface area contributed by atoms with Gasteiger partial charge >= 0.3 is 5.97 Å². The van der Waals surface area contributed by atoms with Crippen LogP contribution < -0.4 is 5.56 Å². The molecule has 0 radical (unpaired) electrons. The van der Waals surface area contributed by atoms with Crippen molar-refractivity contribution in [1.82, 2.24) is 14.4 Å². The first-order valence-corrected chi connectivity index (χ1v) is 6.15. The van der Waals surface area contributed by atoms with Gasteiger partial charge in [0, 0.05) is 0 Å². The van der Waals surface area contributed by atoms with E-state index >= 15 is 0 Å². The Kier molecular flexibility index (Phi) is 2.44. The molecule has 3 aromatic rings. The Hall–Kier alpha value is -2.63. The Labute approximate surface area is 113 Å². The van der Waals surface area contributed by atoms with Gasteiger partial charge in [-0.3, -0.25) is 9.20 Å². The zero-order valence-electron chi connectivity index (χ0n) is 11.3. The molecule has 102 valence electrons. The lowest BCUT2D eigenvalue weighted by Gasteiger charge is -2.07. The molecule has 0 aliphatic heterocycles. The fraction of sp³-hybridized carbons (Fsp3) is 0.214. The van der Waals surface area contributed by atoms with Crippen molar-refractivity contribution in [3.63, 3.8) is 0 Å². The fourth-order valence-corrected chi connectivity index (χ4v) is 2.42. The van der Waals surface area contributed by atoms with E-state index in [4.69, 9.17) is 5.11 Å². The van der Waals surface area contributed by atoms with E-state index in [1.54, 1.807) is 11.3 Å². The number of imidazole rings is 1. The lowest BCUT2D eigenvalue weighted by atomic mass is 10.1. The number of fused-ring (bicyclic) bond motifs is 3. The van der Waals surface area contributed by atoms with Gasteiger partial charge in [-0.1, -0.05) is 0 Å². The van der Waals surface area contributed by atoms with Crippen molar-refractivity contribution in [2.24, 2.45) is 0 Å². The van der Waals surface area contributed by atoms with Gasteiger partial charge in [0.1, 0.15) is 0 Å². The summed E-state index contributed by atoms with van der Waals surface area (Å²) < 4.78 is 1.60. The van der Waals surface area contributed by atoms with E-state index in [-0.39, 0.29) is 11.3 Å². The van der Waals surface area contributed by atoms with E-state index in [0.717, 1.165) is 16.6 Å². The number of carbonyl (C=O) groups is 1. The topological polar surface area (TPSA) is 87.5 Å². The summed E-state index contributed by atoms with van der Waals surface area (Å²) in [5.41, 5.74) is 3.61. The predicted molar refractivity (Wildman–Crippen MR) is 74.5 cm³/mol. The van der Waals surface area contributed by atoms with Crippen LogP contribution in [0.15, 0.2) is 16.9 Å². The molecule has 1 aromatic carbocycles. The summed E-state index contributed by atoms with van der Waals surface area (Å²) in [4.78, 5) is 29.9. The number of hydrogen-bond acceptors (Lipinski definition) is 3. The van der Waals surface area contributed by atoms with Gasteiger partial charge in [-0.05, 0) is 44.0 Å². The van der Waals surface area contributed by atoms with E-state index in [1.165, 1.54) is 0 Å². The van der Waals surface area contributed by atoms with Crippen LogP contribution in [0.25, 0.3) is 16.7 Å². The molecule has 0 amide bonds. The van der Waals surface area contributed by atoms with E-state index in [2.05, 4.69) is 9.97 Å². The zero-order valence-corrected chi connectivity index (χ0v) is 11.3. The van der Waals surface area contributed by atoms with E-state index in [9.17, 15) is 9.59 Å². The first kappa shape index (κ1) is 12.4. The van der Waals surface area contributed by atoms with Crippen molar-refractivity contribution in [2.75, 3.05) is 0 Å². The number of nitrogens with zero attached hydrogens (tertiary/aromatic N) is 2. The summed E-state index contributed by atoms with van der Waals surface area (Å²) in [6.45, 7) is 5.58. The molecule has 3 rings (SSSR count). The Bertz CT molecular complexity index is 934. The van der Waals surface area contributed by atoms with Crippen LogP contribution >= 0.6 is 0 Å². The summed E-state index contributed by atoms with van der Waals surface area (Å²) >= 11 is 0. The molecular weight excluding hydrogens is 258 g/mol. The van der Waals surface area contributed by atoms with Crippen LogP contribution in [0.4, 0.5) is 0 Å². The fourth-order valence-electron chi connectivity index (χ4n) is 2.42. The van der Waals surface area contributed by atoms with Crippen molar-refractivity contribution < 1.29 is 9.90 Å². The van der Waals surface area contributed by atoms with E-state index < -0.39 is 11.5 Å². The minimum atomic E-state index is -1.14. The van der Waals surface area contributed by atoms with E-state index in [0.29, 0.717) is 11.2 Å². The summed E-state index contributed by atoms with van der Waals surface area (Å²) in [6, 6.07) is 3.80. The van der Waals surface area contributed by atoms with Crippen LogP contribution in [0.5, 0.6) is 0 Å². The van der Waals surface area contributed by atoms with Crippen LogP contribution in [-0.2, 0) is 0 Å². The van der Waals surface area contributed by atoms with Gasteiger partial charge in [0.05, 0.1) is 16.7 Å². The first-order chi connectivity index (χ1) is 9.40. The first-order valence-electron chi connectivity index (χ1n) is 6.15. The molecule has 0 spiro atoms. The standard InChI is InChI=1S/C14H13N3O3/c1-6-4-9-10(5-7(6)2)17-8(3)11(14(19)20)16-12(17)13(18)15-9/h4-5H,1-3H3,(H,15,18)(H,19,20). The highest BCUT2D eigenvalue weighted by Crippen LogP contribution is 2.20. The molecule has 0 aliphatic carbocycles. The van der Waals surface area contributed by atoms with Gasteiger partial charge in [0.25, 0.3) is 5.56 Å². The largest absolute Gasteiger partial charge is 0.476 e. The molecular formula is C14H13N3O3. The summed E-state index contributed by atoms with van der Waals surface area (Å²) in [5.74, 6) is -1.14. The molecule has 0 saturated heterocycles. The van der Waals surface area contributed by atoms with Gasteiger partial charge in [-0.25, -0.2) is 9.78 Å². The number of nitrogens with one attached hydrogen (secondary N) is 1. The number of hydrogen-bond donors (Lipinski definition) is 2. The monoisotopic (exact) mass is 271 g/mol. The third-order valence-electron chi connectivity index (χ3n) is 3.61. The molecule has 2 heterocycles. The Morgan fingerprint density at radius 2 is 1.90 bits per heavy atom. The van der Waals surface area contributed by atoms with Gasteiger partial charge in [-0.15, -0.1) is 0 Å². The molecule has 6 nitrogen and oxygen atoms in total. The number of rotatable bonds is 1. The highest BCUT2D eigenvalue weighted by Gasteiger charge is 2.18. The Balaban J connectivity index is 2.61. The number of benzene rings is 1. The summed E-state index contributed by atoms with van der Waals surface area (Å²) in [6.07, 6.45) is 0. The number of aromatic amines is 1. The van der Waals surface area contributed by atoms with E-state index in [1.807, 2.05) is 26.0 Å². The normalized spacial score (nSPS) is 11.3. The average Bonchev–Trinajstić information content (AvgIpc) is 2.71. The molecule has 0 bridgehead atoms. The highest BCUT2D eigenvalue weighted by atomic mass is 16.4. The number of aromatic carboxylic acids is 1. The Morgan fingerprint density at radius 3 is 2.55 bits per heavy atom. The molecule has 0 fully saturated rings. The van der Waals surface area contributed by atoms with Crippen molar-refractivity contribution in [2.45, 2.75) is 20.8 Å². The van der Waals surface area contributed by atoms with Crippen molar-refractivity contribution in [3.05, 3.63) is 45.0 Å². The van der Waals surface area contributed by atoms with Crippen LogP contribution in [0.2, 0.25) is 0 Å². The van der Waals surface area contributed by atoms with Crippen molar-refractivity contribution in [1.29, 1.82) is 0 Å². The second-order valence-electron chi connectivity index (χ2n) is 4.92. The molecule has 2 aromatic heterocycles. The molecule has 0 unspecified atom stereocenters. The van der Waals surface area contributed by atoms with Crippen LogP contribution in [-0.4, -0.2) is 25.4 Å². The number of aromatic nitrogens is 3. The van der Waals surface area contributed by atoms with Gasteiger partial charge in [0.2, 0.25) is 5.65 Å².